The molecule has 7 aromatic rings. The van der Waals surface area contributed by atoms with Gasteiger partial charge in [0.2, 0.25) is 0 Å². The first-order chi connectivity index (χ1) is 30.9. The molecule has 0 heterocycles. The maximum atomic E-state index is 14.0. The highest BCUT2D eigenvalue weighted by Gasteiger charge is 2.36. The average molecular weight is 884 g/mol. The van der Waals surface area contributed by atoms with Gasteiger partial charge in [0.25, 0.3) is 23.6 Å². The Morgan fingerprint density at radius 3 is 0.719 bits per heavy atom. The van der Waals surface area contributed by atoms with E-state index >= 15 is 0 Å². The minimum Gasteiger partial charge on any atom is -0.321 e. The fourth-order valence-corrected chi connectivity index (χ4v) is 7.87. The van der Waals surface area contributed by atoms with E-state index in [1.807, 2.05) is 0 Å². The number of halogens is 2. The standard InChI is InChI=1S/C50H28Cl2N4O8/c51-29-17-13-27(14-18-29)49(63)55-37-23-21-35(39-41(37)45(59)33-7-3-1-5-31(33)43(39)57)53-47(61)25-9-11-26(12-10-25)48(62)54-36-22-24-38(56-50(64)28-15-19-30(52)20-16-28)42-40(36)44(58)32-6-2-4-8-34(32)46(42)60/h1-24H,(H,53,61)(H,54,62)(H,55,63)(H,56,64). The summed E-state index contributed by atoms with van der Waals surface area (Å²) in [5, 5.41) is 11.7. The molecule has 0 fully saturated rings. The molecule has 0 spiro atoms. The van der Waals surface area contributed by atoms with Crippen LogP contribution in [0.25, 0.3) is 0 Å². The van der Waals surface area contributed by atoms with Gasteiger partial charge in [0.1, 0.15) is 0 Å². The molecule has 310 valence electrons. The van der Waals surface area contributed by atoms with E-state index in [0.717, 1.165) is 0 Å². The molecule has 4 amide bonds. The van der Waals surface area contributed by atoms with Crippen LogP contribution < -0.4 is 21.3 Å². The van der Waals surface area contributed by atoms with Crippen molar-refractivity contribution in [3.05, 3.63) is 222 Å². The molecule has 0 unspecified atom stereocenters. The molecule has 4 N–H and O–H groups in total. The van der Waals surface area contributed by atoms with Crippen LogP contribution in [0, 0.1) is 0 Å². The quantitative estimate of drug-likeness (QED) is 0.116. The Balaban J connectivity index is 0.979. The Bertz CT molecular complexity index is 3000. The van der Waals surface area contributed by atoms with Gasteiger partial charge >= 0.3 is 0 Å². The molecule has 2 aliphatic rings. The monoisotopic (exact) mass is 882 g/mol. The minimum absolute atomic E-state index is 0.0116. The van der Waals surface area contributed by atoms with E-state index in [0.29, 0.717) is 10.0 Å². The van der Waals surface area contributed by atoms with Gasteiger partial charge in [-0.15, -0.1) is 0 Å². The molecule has 0 bridgehead atoms. The van der Waals surface area contributed by atoms with Crippen molar-refractivity contribution in [2.75, 3.05) is 21.3 Å². The summed E-state index contributed by atoms with van der Waals surface area (Å²) >= 11 is 12.0. The van der Waals surface area contributed by atoms with Crippen molar-refractivity contribution in [1.29, 1.82) is 0 Å². The van der Waals surface area contributed by atoms with Crippen LogP contribution in [-0.2, 0) is 0 Å². The SMILES string of the molecule is O=C(Nc1ccc(NC(=O)c2ccc(C(=O)Nc3ccc(NC(=O)c4ccc(Cl)cc4)c4c3C(=O)c3ccccc3C4=O)cc2)c2c1C(=O)c1ccccc1C2=O)c1ccc(Cl)cc1. The van der Waals surface area contributed by atoms with Crippen molar-refractivity contribution < 1.29 is 38.4 Å². The molecule has 9 rings (SSSR count). The lowest BCUT2D eigenvalue weighted by atomic mass is 9.82. The predicted octanol–water partition coefficient (Wildman–Crippen LogP) is 9.55. The zero-order valence-corrected chi connectivity index (χ0v) is 34.4. The Morgan fingerprint density at radius 1 is 0.297 bits per heavy atom. The first kappa shape index (κ1) is 41.1. The number of amides is 4. The first-order valence-electron chi connectivity index (χ1n) is 19.5. The second-order valence-corrected chi connectivity index (χ2v) is 15.5. The molecule has 64 heavy (non-hydrogen) atoms. The fraction of sp³-hybridized carbons (Fsp3) is 0. The van der Waals surface area contributed by atoms with Gasteiger partial charge < -0.3 is 21.3 Å². The highest BCUT2D eigenvalue weighted by Crippen LogP contribution is 2.39. The van der Waals surface area contributed by atoms with Gasteiger partial charge in [0.15, 0.2) is 23.1 Å². The molecular weight excluding hydrogens is 855 g/mol. The predicted molar refractivity (Wildman–Crippen MR) is 241 cm³/mol. The third-order valence-corrected chi connectivity index (χ3v) is 11.3. The molecule has 14 heteroatoms. The summed E-state index contributed by atoms with van der Waals surface area (Å²) in [7, 11) is 0. The molecule has 0 radical (unpaired) electrons. The van der Waals surface area contributed by atoms with Crippen molar-refractivity contribution in [3.8, 4) is 0 Å². The van der Waals surface area contributed by atoms with Gasteiger partial charge in [0.05, 0.1) is 45.0 Å². The van der Waals surface area contributed by atoms with E-state index in [-0.39, 0.29) is 89.5 Å². The molecule has 2 aliphatic carbocycles. The Hall–Kier alpha value is -8.32. The largest absolute Gasteiger partial charge is 0.321 e. The maximum Gasteiger partial charge on any atom is 0.255 e. The van der Waals surface area contributed by atoms with Crippen LogP contribution in [0.5, 0.6) is 0 Å². The van der Waals surface area contributed by atoms with Crippen molar-refractivity contribution in [1.82, 2.24) is 0 Å². The number of anilines is 4. The van der Waals surface area contributed by atoms with Gasteiger partial charge in [-0.3, -0.25) is 38.4 Å². The smallest absolute Gasteiger partial charge is 0.255 e. The van der Waals surface area contributed by atoms with Crippen LogP contribution in [0.3, 0.4) is 0 Å². The summed E-state index contributed by atoms with van der Waals surface area (Å²) in [5.41, 5.74) is 0.912. The van der Waals surface area contributed by atoms with E-state index in [2.05, 4.69) is 21.3 Å². The van der Waals surface area contributed by atoms with Gasteiger partial charge in [-0.2, -0.15) is 0 Å². The first-order valence-corrected chi connectivity index (χ1v) is 20.2. The van der Waals surface area contributed by atoms with Crippen LogP contribution in [0.4, 0.5) is 22.7 Å². The summed E-state index contributed by atoms with van der Waals surface area (Å²) in [5.74, 6) is -4.62. The topological polar surface area (TPSA) is 185 Å². The van der Waals surface area contributed by atoms with Crippen molar-refractivity contribution in [3.63, 3.8) is 0 Å². The van der Waals surface area contributed by atoms with Crippen LogP contribution in [0.15, 0.2) is 146 Å². The molecule has 0 saturated carbocycles. The van der Waals surface area contributed by atoms with Crippen LogP contribution in [0.1, 0.15) is 105 Å². The summed E-state index contributed by atoms with van der Waals surface area (Å²) in [6.07, 6.45) is 0. The average Bonchev–Trinajstić information content (AvgIpc) is 3.31. The summed E-state index contributed by atoms with van der Waals surface area (Å²) in [6, 6.07) is 35.8. The van der Waals surface area contributed by atoms with Gasteiger partial charge in [-0.1, -0.05) is 71.7 Å². The maximum absolute atomic E-state index is 14.0. The van der Waals surface area contributed by atoms with E-state index in [4.69, 9.17) is 23.2 Å². The zero-order chi connectivity index (χ0) is 44.8. The molecule has 7 aromatic carbocycles. The Labute approximate surface area is 373 Å². The zero-order valence-electron chi connectivity index (χ0n) is 32.9. The van der Waals surface area contributed by atoms with Crippen LogP contribution >= 0.6 is 23.2 Å². The molecular formula is C50H28Cl2N4O8. The third kappa shape index (κ3) is 7.42. The van der Waals surface area contributed by atoms with Gasteiger partial charge in [0, 0.05) is 54.6 Å². The van der Waals surface area contributed by atoms with E-state index in [1.165, 1.54) is 97.1 Å². The number of ketones is 4. The number of benzene rings is 7. The third-order valence-electron chi connectivity index (χ3n) is 10.8. The molecule has 0 aliphatic heterocycles. The summed E-state index contributed by atoms with van der Waals surface area (Å²) < 4.78 is 0. The number of hydrogen-bond donors (Lipinski definition) is 4. The summed E-state index contributed by atoms with van der Waals surface area (Å²) in [4.78, 5) is 110. The summed E-state index contributed by atoms with van der Waals surface area (Å²) in [6.45, 7) is 0. The molecule has 0 saturated heterocycles. The van der Waals surface area contributed by atoms with Gasteiger partial charge in [-0.25, -0.2) is 0 Å². The van der Waals surface area contributed by atoms with Crippen molar-refractivity contribution in [2.45, 2.75) is 0 Å². The second kappa shape index (κ2) is 16.5. The molecule has 0 aromatic heterocycles. The van der Waals surface area contributed by atoms with Gasteiger partial charge in [-0.05, 0) is 97.1 Å². The van der Waals surface area contributed by atoms with Crippen molar-refractivity contribution >= 4 is 92.7 Å². The fourth-order valence-electron chi connectivity index (χ4n) is 7.62. The van der Waals surface area contributed by atoms with E-state index < -0.39 is 46.8 Å². The number of hydrogen-bond acceptors (Lipinski definition) is 8. The number of carbonyl (C=O) groups excluding carboxylic acids is 8. The number of fused-ring (bicyclic) bond motifs is 4. The van der Waals surface area contributed by atoms with Crippen LogP contribution in [0.2, 0.25) is 10.0 Å². The minimum atomic E-state index is -0.681. The highest BCUT2D eigenvalue weighted by molar-refractivity contribution is 6.35. The normalized spacial score (nSPS) is 12.3. The second-order valence-electron chi connectivity index (χ2n) is 14.6. The number of carbonyl (C=O) groups is 8. The number of nitrogens with one attached hydrogen (secondary N) is 4. The number of rotatable bonds is 8. The Kier molecular flexibility index (Phi) is 10.6. The highest BCUT2D eigenvalue weighted by atomic mass is 35.5. The molecule has 12 nitrogen and oxygen atoms in total. The Morgan fingerprint density at radius 2 is 0.500 bits per heavy atom. The lowest BCUT2D eigenvalue weighted by Gasteiger charge is -2.23. The van der Waals surface area contributed by atoms with Crippen molar-refractivity contribution in [2.24, 2.45) is 0 Å². The lowest BCUT2D eigenvalue weighted by Crippen LogP contribution is -2.26. The van der Waals surface area contributed by atoms with Crippen LogP contribution in [-0.4, -0.2) is 46.8 Å². The lowest BCUT2D eigenvalue weighted by molar-refractivity contribution is 0.0977. The molecule has 0 atom stereocenters. The van der Waals surface area contributed by atoms with E-state index in [1.54, 1.807) is 48.5 Å². The van der Waals surface area contributed by atoms with E-state index in [9.17, 15) is 38.4 Å².